The Labute approximate surface area is 141 Å². The summed E-state index contributed by atoms with van der Waals surface area (Å²) in [7, 11) is 0. The molecule has 0 saturated heterocycles. The number of ether oxygens (including phenoxy) is 2. The molecule has 1 aromatic carbocycles. The average Bonchev–Trinajstić information content (AvgIpc) is 2.54. The fourth-order valence-electron chi connectivity index (χ4n) is 1.68. The second-order valence-corrected chi connectivity index (χ2v) is 4.82. The van der Waals surface area contributed by atoms with E-state index in [4.69, 9.17) is 26.3 Å². The molecule has 124 valence electrons. The first kappa shape index (κ1) is 19.0. The highest BCUT2D eigenvalue weighted by molar-refractivity contribution is 6.30. The highest BCUT2D eigenvalue weighted by atomic mass is 35.5. The van der Waals surface area contributed by atoms with E-state index in [1.807, 2.05) is 19.9 Å². The third kappa shape index (κ3) is 7.15. The summed E-state index contributed by atoms with van der Waals surface area (Å²) in [6.45, 7) is 5.09. The number of hydrogen-bond acceptors (Lipinski definition) is 5. The summed E-state index contributed by atoms with van der Waals surface area (Å²) in [5, 5.41) is 15.1. The lowest BCUT2D eigenvalue weighted by molar-refractivity contribution is -0.131. The quantitative estimate of drug-likeness (QED) is 0.411. The van der Waals surface area contributed by atoms with Crippen molar-refractivity contribution in [2.24, 2.45) is 0 Å². The molecule has 0 atom stereocenters. The zero-order chi connectivity index (χ0) is 17.1. The van der Waals surface area contributed by atoms with Gasteiger partial charge in [-0.15, -0.1) is 0 Å². The zero-order valence-corrected chi connectivity index (χ0v) is 13.9. The van der Waals surface area contributed by atoms with Crippen LogP contribution in [-0.2, 0) is 14.3 Å². The predicted molar refractivity (Wildman–Crippen MR) is 88.8 cm³/mol. The van der Waals surface area contributed by atoms with Gasteiger partial charge in [0.1, 0.15) is 11.6 Å². The monoisotopic (exact) mass is 337 g/mol. The topological polar surface area (TPSA) is 83.4 Å². The molecule has 0 spiro atoms. The smallest absolute Gasteiger partial charge is 0.267 e. The van der Waals surface area contributed by atoms with Gasteiger partial charge in [-0.25, -0.2) is 0 Å². The van der Waals surface area contributed by atoms with Crippen LogP contribution in [0.3, 0.4) is 0 Å². The standard InChI is InChI=1S/C16H20ClN3O3/c1-3-22-15(23-4-2)11-19-10-12(9-18)16(21)20-14-7-5-13(17)6-8-14/h5-8,10,15,19H,3-4,11H2,1-2H3,(H,20,21)/b12-10-. The van der Waals surface area contributed by atoms with Crippen LogP contribution in [0.5, 0.6) is 0 Å². The molecule has 7 heteroatoms. The molecule has 0 bridgehead atoms. The average molecular weight is 338 g/mol. The summed E-state index contributed by atoms with van der Waals surface area (Å²) in [6.07, 6.45) is 0.913. The van der Waals surface area contributed by atoms with Crippen LogP contribution in [0.4, 0.5) is 5.69 Å². The maximum atomic E-state index is 12.0. The van der Waals surface area contributed by atoms with E-state index in [-0.39, 0.29) is 5.57 Å². The molecule has 2 N–H and O–H groups in total. The number of rotatable bonds is 9. The lowest BCUT2D eigenvalue weighted by atomic mass is 10.2. The highest BCUT2D eigenvalue weighted by Gasteiger charge is 2.10. The second-order valence-electron chi connectivity index (χ2n) is 4.38. The van der Waals surface area contributed by atoms with Gasteiger partial charge in [0.25, 0.3) is 5.91 Å². The summed E-state index contributed by atoms with van der Waals surface area (Å²) >= 11 is 5.78. The van der Waals surface area contributed by atoms with Crippen molar-refractivity contribution < 1.29 is 14.3 Å². The van der Waals surface area contributed by atoms with Crippen LogP contribution in [0, 0.1) is 11.3 Å². The number of halogens is 1. The van der Waals surface area contributed by atoms with E-state index in [0.717, 1.165) is 0 Å². The molecule has 0 saturated carbocycles. The number of carbonyl (C=O) groups is 1. The molecular formula is C16H20ClN3O3. The van der Waals surface area contributed by atoms with Gasteiger partial charge in [-0.05, 0) is 38.1 Å². The van der Waals surface area contributed by atoms with E-state index in [2.05, 4.69) is 10.6 Å². The molecule has 0 aromatic heterocycles. The number of carbonyl (C=O) groups excluding carboxylic acids is 1. The highest BCUT2D eigenvalue weighted by Crippen LogP contribution is 2.14. The summed E-state index contributed by atoms with van der Waals surface area (Å²) in [4.78, 5) is 12.0. The van der Waals surface area contributed by atoms with Crippen LogP contribution in [-0.4, -0.2) is 32.0 Å². The molecule has 0 radical (unpaired) electrons. The molecule has 1 rings (SSSR count). The molecule has 1 amide bonds. The third-order valence-electron chi connectivity index (χ3n) is 2.70. The Balaban J connectivity index is 2.58. The minimum Gasteiger partial charge on any atom is -0.385 e. The Bertz CT molecular complexity index is 561. The van der Waals surface area contributed by atoms with Crippen LogP contribution in [0.1, 0.15) is 13.8 Å². The van der Waals surface area contributed by atoms with Gasteiger partial charge >= 0.3 is 0 Å². The van der Waals surface area contributed by atoms with Crippen molar-refractivity contribution >= 4 is 23.2 Å². The van der Waals surface area contributed by atoms with Crippen molar-refractivity contribution in [3.8, 4) is 6.07 Å². The number of nitriles is 1. The molecule has 6 nitrogen and oxygen atoms in total. The fraction of sp³-hybridized carbons (Fsp3) is 0.375. The zero-order valence-electron chi connectivity index (χ0n) is 13.1. The van der Waals surface area contributed by atoms with Crippen molar-refractivity contribution in [1.29, 1.82) is 5.26 Å². The molecule has 0 fully saturated rings. The molecule has 0 aliphatic heterocycles. The predicted octanol–water partition coefficient (Wildman–Crippen LogP) is 2.67. The number of nitrogens with one attached hydrogen (secondary N) is 2. The van der Waals surface area contributed by atoms with Crippen LogP contribution in [0.25, 0.3) is 0 Å². The first-order chi connectivity index (χ1) is 11.1. The summed E-state index contributed by atoms with van der Waals surface area (Å²) < 4.78 is 10.7. The number of amides is 1. The van der Waals surface area contributed by atoms with E-state index < -0.39 is 12.2 Å². The van der Waals surface area contributed by atoms with Gasteiger partial charge in [0, 0.05) is 30.1 Å². The fourth-order valence-corrected chi connectivity index (χ4v) is 1.80. The van der Waals surface area contributed by atoms with Gasteiger partial charge < -0.3 is 20.1 Å². The minimum absolute atomic E-state index is 0.0494. The Morgan fingerprint density at radius 3 is 2.43 bits per heavy atom. The molecule has 0 unspecified atom stereocenters. The molecule has 0 heterocycles. The normalized spacial score (nSPS) is 11.2. The van der Waals surface area contributed by atoms with Crippen molar-refractivity contribution in [1.82, 2.24) is 5.32 Å². The third-order valence-corrected chi connectivity index (χ3v) is 2.96. The van der Waals surface area contributed by atoms with Crippen molar-refractivity contribution in [3.05, 3.63) is 41.1 Å². The lowest BCUT2D eigenvalue weighted by Crippen LogP contribution is -2.29. The van der Waals surface area contributed by atoms with E-state index in [9.17, 15) is 4.79 Å². The second kappa shape index (κ2) is 10.6. The van der Waals surface area contributed by atoms with E-state index in [1.165, 1.54) is 6.20 Å². The van der Waals surface area contributed by atoms with E-state index >= 15 is 0 Å². The number of benzene rings is 1. The number of nitrogens with zero attached hydrogens (tertiary/aromatic N) is 1. The largest absolute Gasteiger partial charge is 0.385 e. The summed E-state index contributed by atoms with van der Waals surface area (Å²) in [5.74, 6) is -0.508. The van der Waals surface area contributed by atoms with Gasteiger partial charge in [0.05, 0.1) is 6.54 Å². The molecule has 23 heavy (non-hydrogen) atoms. The van der Waals surface area contributed by atoms with Crippen molar-refractivity contribution in [2.75, 3.05) is 25.1 Å². The van der Waals surface area contributed by atoms with Gasteiger partial charge in [-0.2, -0.15) is 5.26 Å². The van der Waals surface area contributed by atoms with Crippen LogP contribution >= 0.6 is 11.6 Å². The molecular weight excluding hydrogens is 318 g/mol. The molecule has 0 aliphatic carbocycles. The first-order valence-corrected chi connectivity index (χ1v) is 7.62. The van der Waals surface area contributed by atoms with Gasteiger partial charge in [-0.3, -0.25) is 4.79 Å². The van der Waals surface area contributed by atoms with Crippen molar-refractivity contribution in [2.45, 2.75) is 20.1 Å². The Morgan fingerprint density at radius 2 is 1.91 bits per heavy atom. The Hall–Kier alpha value is -2.07. The summed E-state index contributed by atoms with van der Waals surface area (Å²) in [6, 6.07) is 8.47. The number of hydrogen-bond donors (Lipinski definition) is 2. The van der Waals surface area contributed by atoms with Crippen LogP contribution in [0.15, 0.2) is 36.0 Å². The van der Waals surface area contributed by atoms with Gasteiger partial charge in [0.15, 0.2) is 6.29 Å². The van der Waals surface area contributed by atoms with Crippen LogP contribution in [0.2, 0.25) is 5.02 Å². The molecule has 1 aromatic rings. The minimum atomic E-state index is -0.508. The maximum absolute atomic E-state index is 12.0. The Morgan fingerprint density at radius 1 is 1.30 bits per heavy atom. The van der Waals surface area contributed by atoms with Crippen molar-refractivity contribution in [3.63, 3.8) is 0 Å². The van der Waals surface area contributed by atoms with E-state index in [0.29, 0.717) is 30.5 Å². The number of anilines is 1. The van der Waals surface area contributed by atoms with Gasteiger partial charge in [0.2, 0.25) is 0 Å². The first-order valence-electron chi connectivity index (χ1n) is 7.24. The van der Waals surface area contributed by atoms with Crippen LogP contribution < -0.4 is 10.6 Å². The Kier molecular flexibility index (Phi) is 8.76. The summed E-state index contributed by atoms with van der Waals surface area (Å²) in [5.41, 5.74) is 0.508. The van der Waals surface area contributed by atoms with E-state index in [1.54, 1.807) is 24.3 Å². The lowest BCUT2D eigenvalue weighted by Gasteiger charge is -2.16. The molecule has 0 aliphatic rings. The maximum Gasteiger partial charge on any atom is 0.267 e. The SMILES string of the molecule is CCOC(CN/C=C(/C#N)C(=O)Nc1ccc(Cl)cc1)OCC. The van der Waals surface area contributed by atoms with Gasteiger partial charge in [-0.1, -0.05) is 11.6 Å².